The van der Waals surface area contributed by atoms with Gasteiger partial charge in [-0.3, -0.25) is 0 Å². The fraction of sp³-hybridized carbons (Fsp3) is 0.0625. The number of carbonyl (C=O) groups is 3. The standard InChI is InChI=1S/C16H10O5/c1-20-14(17)10-7-11(9-5-3-2-4-6-9)13-12(8-10)15(18)21-16(13)19/h2-8H,1H3. The molecule has 1 aliphatic heterocycles. The van der Waals surface area contributed by atoms with Crippen LogP contribution in [0.1, 0.15) is 31.1 Å². The third-order valence-electron chi connectivity index (χ3n) is 3.25. The van der Waals surface area contributed by atoms with E-state index >= 15 is 0 Å². The molecule has 1 heterocycles. The molecule has 0 atom stereocenters. The van der Waals surface area contributed by atoms with E-state index in [1.807, 2.05) is 6.07 Å². The van der Waals surface area contributed by atoms with Crippen LogP contribution >= 0.6 is 0 Å². The number of hydrogen-bond acceptors (Lipinski definition) is 5. The quantitative estimate of drug-likeness (QED) is 0.625. The maximum absolute atomic E-state index is 11.9. The van der Waals surface area contributed by atoms with Crippen molar-refractivity contribution in [2.24, 2.45) is 0 Å². The number of benzene rings is 2. The summed E-state index contributed by atoms with van der Waals surface area (Å²) < 4.78 is 9.31. The van der Waals surface area contributed by atoms with Crippen LogP contribution < -0.4 is 0 Å². The van der Waals surface area contributed by atoms with Gasteiger partial charge in [0.05, 0.1) is 23.8 Å². The predicted molar refractivity (Wildman–Crippen MR) is 73.0 cm³/mol. The summed E-state index contributed by atoms with van der Waals surface area (Å²) in [4.78, 5) is 35.3. The molecule has 3 rings (SSSR count). The summed E-state index contributed by atoms with van der Waals surface area (Å²) in [7, 11) is 1.25. The summed E-state index contributed by atoms with van der Waals surface area (Å²) in [5, 5.41) is 0. The van der Waals surface area contributed by atoms with Crippen molar-refractivity contribution in [3.63, 3.8) is 0 Å². The van der Waals surface area contributed by atoms with E-state index in [9.17, 15) is 14.4 Å². The molecule has 0 spiro atoms. The summed E-state index contributed by atoms with van der Waals surface area (Å²) in [6, 6.07) is 11.8. The van der Waals surface area contributed by atoms with Crippen LogP contribution in [0, 0.1) is 0 Å². The van der Waals surface area contributed by atoms with Gasteiger partial charge in [-0.15, -0.1) is 0 Å². The van der Waals surface area contributed by atoms with E-state index in [1.54, 1.807) is 24.3 Å². The van der Waals surface area contributed by atoms with Crippen LogP contribution in [0.4, 0.5) is 0 Å². The fourth-order valence-corrected chi connectivity index (χ4v) is 2.29. The summed E-state index contributed by atoms with van der Waals surface area (Å²) in [5.74, 6) is -2.04. The zero-order valence-corrected chi connectivity index (χ0v) is 11.1. The van der Waals surface area contributed by atoms with Crippen LogP contribution in [0.15, 0.2) is 42.5 Å². The monoisotopic (exact) mass is 282 g/mol. The van der Waals surface area contributed by atoms with Gasteiger partial charge >= 0.3 is 17.9 Å². The van der Waals surface area contributed by atoms with Gasteiger partial charge in [-0.05, 0) is 23.3 Å². The lowest BCUT2D eigenvalue weighted by Gasteiger charge is -2.08. The molecule has 0 fully saturated rings. The molecular weight excluding hydrogens is 272 g/mol. The zero-order chi connectivity index (χ0) is 15.0. The Morgan fingerprint density at radius 2 is 1.67 bits per heavy atom. The lowest BCUT2D eigenvalue weighted by atomic mass is 9.94. The van der Waals surface area contributed by atoms with Crippen LogP contribution in [-0.4, -0.2) is 25.0 Å². The van der Waals surface area contributed by atoms with Gasteiger partial charge in [-0.25, -0.2) is 14.4 Å². The molecular formula is C16H10O5. The van der Waals surface area contributed by atoms with Crippen molar-refractivity contribution in [3.05, 3.63) is 59.2 Å². The van der Waals surface area contributed by atoms with E-state index in [-0.39, 0.29) is 16.7 Å². The van der Waals surface area contributed by atoms with E-state index < -0.39 is 17.9 Å². The van der Waals surface area contributed by atoms with Crippen molar-refractivity contribution < 1.29 is 23.9 Å². The number of cyclic esters (lactones) is 2. The molecule has 0 aliphatic carbocycles. The van der Waals surface area contributed by atoms with Gasteiger partial charge in [0.25, 0.3) is 0 Å². The van der Waals surface area contributed by atoms with Gasteiger partial charge in [0.15, 0.2) is 0 Å². The van der Waals surface area contributed by atoms with Crippen LogP contribution in [0.3, 0.4) is 0 Å². The first-order valence-corrected chi connectivity index (χ1v) is 6.20. The predicted octanol–water partition coefficient (Wildman–Crippen LogP) is 2.45. The first kappa shape index (κ1) is 13.1. The Balaban J connectivity index is 2.30. The second-order valence-corrected chi connectivity index (χ2v) is 4.48. The van der Waals surface area contributed by atoms with Crippen LogP contribution in [-0.2, 0) is 9.47 Å². The molecule has 0 aromatic heterocycles. The SMILES string of the molecule is COC(=O)c1cc2c(c(-c3ccccc3)c1)C(=O)OC2=O. The molecule has 21 heavy (non-hydrogen) atoms. The summed E-state index contributed by atoms with van der Waals surface area (Å²) in [6.07, 6.45) is 0. The number of carbonyl (C=O) groups excluding carboxylic acids is 3. The molecule has 2 aromatic rings. The van der Waals surface area contributed by atoms with Crippen molar-refractivity contribution in [2.45, 2.75) is 0 Å². The van der Waals surface area contributed by atoms with Gasteiger partial charge in [0, 0.05) is 0 Å². The van der Waals surface area contributed by atoms with Crippen molar-refractivity contribution in [1.82, 2.24) is 0 Å². The van der Waals surface area contributed by atoms with E-state index in [0.29, 0.717) is 11.1 Å². The molecule has 104 valence electrons. The smallest absolute Gasteiger partial charge is 0.347 e. The number of rotatable bonds is 2. The second kappa shape index (κ2) is 4.86. The molecule has 1 aliphatic rings. The average Bonchev–Trinajstić information content (AvgIpc) is 2.81. The first-order valence-electron chi connectivity index (χ1n) is 6.20. The van der Waals surface area contributed by atoms with E-state index in [1.165, 1.54) is 19.2 Å². The Morgan fingerprint density at radius 1 is 1.00 bits per heavy atom. The number of esters is 3. The maximum Gasteiger partial charge on any atom is 0.347 e. The number of methoxy groups -OCH3 is 1. The Hall–Kier alpha value is -2.95. The highest BCUT2D eigenvalue weighted by molar-refractivity contribution is 6.19. The van der Waals surface area contributed by atoms with Crippen molar-refractivity contribution >= 4 is 17.9 Å². The zero-order valence-electron chi connectivity index (χ0n) is 11.1. The van der Waals surface area contributed by atoms with E-state index in [4.69, 9.17) is 0 Å². The third kappa shape index (κ3) is 2.08. The number of ether oxygens (including phenoxy) is 2. The van der Waals surface area contributed by atoms with Crippen LogP contribution in [0.5, 0.6) is 0 Å². The molecule has 0 unspecified atom stereocenters. The molecule has 0 amide bonds. The number of fused-ring (bicyclic) bond motifs is 1. The molecule has 0 saturated heterocycles. The highest BCUT2D eigenvalue weighted by Crippen LogP contribution is 2.32. The molecule has 5 heteroatoms. The Morgan fingerprint density at radius 3 is 2.33 bits per heavy atom. The fourth-order valence-electron chi connectivity index (χ4n) is 2.29. The van der Waals surface area contributed by atoms with Crippen LogP contribution in [0.25, 0.3) is 11.1 Å². The largest absolute Gasteiger partial charge is 0.465 e. The first-order chi connectivity index (χ1) is 10.1. The summed E-state index contributed by atoms with van der Waals surface area (Å²) in [6.45, 7) is 0. The highest BCUT2D eigenvalue weighted by Gasteiger charge is 2.34. The minimum atomic E-state index is -0.752. The topological polar surface area (TPSA) is 69.7 Å². The third-order valence-corrected chi connectivity index (χ3v) is 3.25. The van der Waals surface area contributed by atoms with Gasteiger partial charge in [-0.2, -0.15) is 0 Å². The van der Waals surface area contributed by atoms with Gasteiger partial charge in [-0.1, -0.05) is 30.3 Å². The van der Waals surface area contributed by atoms with Gasteiger partial charge < -0.3 is 9.47 Å². The summed E-state index contributed by atoms with van der Waals surface area (Å²) >= 11 is 0. The van der Waals surface area contributed by atoms with Crippen molar-refractivity contribution in [3.8, 4) is 11.1 Å². The maximum atomic E-state index is 11.9. The molecule has 0 radical (unpaired) electrons. The van der Waals surface area contributed by atoms with Gasteiger partial charge in [0.1, 0.15) is 0 Å². The van der Waals surface area contributed by atoms with Gasteiger partial charge in [0.2, 0.25) is 0 Å². The normalized spacial score (nSPS) is 12.8. The minimum Gasteiger partial charge on any atom is -0.465 e. The lowest BCUT2D eigenvalue weighted by Crippen LogP contribution is -2.05. The van der Waals surface area contributed by atoms with Crippen molar-refractivity contribution in [2.75, 3.05) is 7.11 Å². The van der Waals surface area contributed by atoms with Crippen molar-refractivity contribution in [1.29, 1.82) is 0 Å². The Bertz CT molecular complexity index is 762. The Kier molecular flexibility index (Phi) is 3.02. The van der Waals surface area contributed by atoms with E-state index in [2.05, 4.69) is 9.47 Å². The molecule has 2 aromatic carbocycles. The number of hydrogen-bond donors (Lipinski definition) is 0. The lowest BCUT2D eigenvalue weighted by molar-refractivity contribution is 0.0443. The molecule has 0 N–H and O–H groups in total. The highest BCUT2D eigenvalue weighted by atomic mass is 16.6. The summed E-state index contributed by atoms with van der Waals surface area (Å²) in [5.41, 5.74) is 1.65. The van der Waals surface area contributed by atoms with Crippen LogP contribution in [0.2, 0.25) is 0 Å². The molecule has 0 bridgehead atoms. The minimum absolute atomic E-state index is 0.0850. The second-order valence-electron chi connectivity index (χ2n) is 4.48. The molecule has 5 nitrogen and oxygen atoms in total. The molecule has 0 saturated carbocycles. The van der Waals surface area contributed by atoms with E-state index in [0.717, 1.165) is 0 Å². The average molecular weight is 282 g/mol. The Labute approximate surface area is 120 Å².